The summed E-state index contributed by atoms with van der Waals surface area (Å²) in [4.78, 5) is 4.42. The molecule has 0 saturated heterocycles. The zero-order valence-corrected chi connectivity index (χ0v) is 12.3. The Balaban J connectivity index is 2.09. The number of rotatable bonds is 5. The highest BCUT2D eigenvalue weighted by Crippen LogP contribution is 2.24. The third kappa shape index (κ3) is 3.50. The van der Waals surface area contributed by atoms with Crippen LogP contribution in [0.3, 0.4) is 0 Å². The average molecular weight is 277 g/mol. The lowest BCUT2D eigenvalue weighted by molar-refractivity contribution is 0.425. The fourth-order valence-corrected chi connectivity index (χ4v) is 2.36. The number of benzene rings is 1. The summed E-state index contributed by atoms with van der Waals surface area (Å²) in [5, 5.41) is 4.62. The summed E-state index contributed by atoms with van der Waals surface area (Å²) in [5.74, 6) is 2.09. The van der Waals surface area contributed by atoms with Crippen molar-refractivity contribution in [3.05, 3.63) is 29.6 Å². The van der Waals surface area contributed by atoms with E-state index in [1.807, 2.05) is 36.9 Å². The minimum atomic E-state index is 0.558. The quantitative estimate of drug-likeness (QED) is 0.845. The van der Waals surface area contributed by atoms with Crippen molar-refractivity contribution in [2.24, 2.45) is 0 Å². The first kappa shape index (κ1) is 13.9. The molecule has 0 radical (unpaired) electrons. The van der Waals surface area contributed by atoms with Gasteiger partial charge in [-0.3, -0.25) is 0 Å². The van der Waals surface area contributed by atoms with Crippen molar-refractivity contribution in [3.63, 3.8) is 0 Å². The number of thioether (sulfide) groups is 1. The highest BCUT2D eigenvalue weighted by Gasteiger charge is 2.10. The van der Waals surface area contributed by atoms with Gasteiger partial charge in [-0.1, -0.05) is 19.0 Å². The summed E-state index contributed by atoms with van der Waals surface area (Å²) in [7, 11) is 0. The lowest BCUT2D eigenvalue weighted by atomic mass is 10.1. The molecule has 1 heterocycles. The molecule has 2 rings (SSSR count). The van der Waals surface area contributed by atoms with Gasteiger partial charge in [-0.15, -0.1) is 0 Å². The van der Waals surface area contributed by atoms with Crippen LogP contribution in [0.5, 0.6) is 0 Å². The van der Waals surface area contributed by atoms with E-state index in [9.17, 15) is 0 Å². The van der Waals surface area contributed by atoms with Gasteiger partial charge >= 0.3 is 0 Å². The van der Waals surface area contributed by atoms with Gasteiger partial charge in [0, 0.05) is 16.5 Å². The van der Waals surface area contributed by atoms with Gasteiger partial charge in [0.05, 0.1) is 5.75 Å². The van der Waals surface area contributed by atoms with Crippen LogP contribution in [0.4, 0.5) is 5.69 Å². The van der Waals surface area contributed by atoms with E-state index in [4.69, 9.17) is 10.3 Å². The summed E-state index contributed by atoms with van der Waals surface area (Å²) in [6, 6.07) is 5.73. The Labute approximate surface area is 117 Å². The molecule has 19 heavy (non-hydrogen) atoms. The van der Waals surface area contributed by atoms with E-state index in [0.29, 0.717) is 11.1 Å². The molecule has 1 aromatic heterocycles. The van der Waals surface area contributed by atoms with Crippen molar-refractivity contribution >= 4 is 17.4 Å². The van der Waals surface area contributed by atoms with Crippen molar-refractivity contribution < 1.29 is 4.52 Å². The fraction of sp³-hybridized carbons (Fsp3) is 0.429. The third-order valence-corrected chi connectivity index (χ3v) is 4.38. The third-order valence-electron chi connectivity index (χ3n) is 3.06. The minimum Gasteiger partial charge on any atom is -0.399 e. The first-order chi connectivity index (χ1) is 9.10. The summed E-state index contributed by atoms with van der Waals surface area (Å²) in [5.41, 5.74) is 8.51. The summed E-state index contributed by atoms with van der Waals surface area (Å²) < 4.78 is 5.30. The Kier molecular flexibility index (Phi) is 4.47. The number of nitrogens with two attached hydrogens (primary N) is 1. The molecule has 2 aromatic rings. The van der Waals surface area contributed by atoms with Crippen molar-refractivity contribution in [1.29, 1.82) is 0 Å². The Morgan fingerprint density at radius 3 is 2.89 bits per heavy atom. The van der Waals surface area contributed by atoms with E-state index in [-0.39, 0.29) is 0 Å². The van der Waals surface area contributed by atoms with Gasteiger partial charge in [-0.25, -0.2) is 0 Å². The molecule has 0 amide bonds. The van der Waals surface area contributed by atoms with E-state index < -0.39 is 0 Å². The average Bonchev–Trinajstić information content (AvgIpc) is 2.88. The van der Waals surface area contributed by atoms with Gasteiger partial charge in [0.2, 0.25) is 0 Å². The number of anilines is 1. The van der Waals surface area contributed by atoms with Gasteiger partial charge in [-0.2, -0.15) is 16.7 Å². The minimum absolute atomic E-state index is 0.558. The number of aryl methyl sites for hydroxylation is 1. The zero-order chi connectivity index (χ0) is 13.8. The topological polar surface area (TPSA) is 64.9 Å². The van der Waals surface area contributed by atoms with Crippen LogP contribution in [-0.2, 0) is 5.75 Å². The highest BCUT2D eigenvalue weighted by atomic mass is 32.2. The number of hydrogen-bond donors (Lipinski definition) is 1. The number of nitrogens with zero attached hydrogens (tertiary/aromatic N) is 2. The first-order valence-corrected chi connectivity index (χ1v) is 7.45. The molecule has 0 aliphatic carbocycles. The van der Waals surface area contributed by atoms with Crippen LogP contribution < -0.4 is 5.73 Å². The van der Waals surface area contributed by atoms with Crippen LogP contribution in [0, 0.1) is 6.92 Å². The molecule has 1 atom stereocenters. The van der Waals surface area contributed by atoms with Gasteiger partial charge < -0.3 is 10.3 Å². The van der Waals surface area contributed by atoms with Crippen LogP contribution >= 0.6 is 11.8 Å². The van der Waals surface area contributed by atoms with Crippen LogP contribution in [0.25, 0.3) is 11.5 Å². The predicted octanol–water partition coefficient (Wildman–Crippen LogP) is 3.66. The van der Waals surface area contributed by atoms with Crippen LogP contribution in [0.1, 0.15) is 31.7 Å². The van der Waals surface area contributed by atoms with Crippen molar-refractivity contribution in [2.45, 2.75) is 38.2 Å². The molecule has 5 heteroatoms. The first-order valence-electron chi connectivity index (χ1n) is 6.40. The molecule has 0 saturated carbocycles. The van der Waals surface area contributed by atoms with Crippen molar-refractivity contribution in [1.82, 2.24) is 10.1 Å². The van der Waals surface area contributed by atoms with Gasteiger partial charge in [0.15, 0.2) is 5.82 Å². The monoisotopic (exact) mass is 277 g/mol. The van der Waals surface area contributed by atoms with E-state index in [0.717, 1.165) is 34.8 Å². The van der Waals surface area contributed by atoms with Crippen molar-refractivity contribution in [2.75, 3.05) is 5.73 Å². The number of hydrogen-bond acceptors (Lipinski definition) is 5. The molecule has 102 valence electrons. The Morgan fingerprint density at radius 1 is 1.42 bits per heavy atom. The smallest absolute Gasteiger partial charge is 0.257 e. The van der Waals surface area contributed by atoms with Crippen LogP contribution in [0.15, 0.2) is 22.7 Å². The molecule has 0 bridgehead atoms. The van der Waals surface area contributed by atoms with Gasteiger partial charge in [-0.05, 0) is 37.1 Å². The largest absolute Gasteiger partial charge is 0.399 e. The highest BCUT2D eigenvalue weighted by molar-refractivity contribution is 7.99. The van der Waals surface area contributed by atoms with Gasteiger partial charge in [0.1, 0.15) is 0 Å². The summed E-state index contributed by atoms with van der Waals surface area (Å²) in [6.45, 7) is 6.35. The molecule has 1 aromatic carbocycles. The zero-order valence-electron chi connectivity index (χ0n) is 11.5. The standard InChI is InChI=1S/C14H19N3OS/c1-4-10(3)19-8-13-16-14(18-17-13)11-5-6-12(15)9(2)7-11/h5-7,10H,4,8,15H2,1-3H3. The Hall–Kier alpha value is -1.49. The normalized spacial score (nSPS) is 12.6. The molecule has 1 unspecified atom stereocenters. The van der Waals surface area contributed by atoms with E-state index in [2.05, 4.69) is 24.0 Å². The molecule has 0 spiro atoms. The van der Waals surface area contributed by atoms with E-state index >= 15 is 0 Å². The number of aromatic nitrogens is 2. The molecule has 4 nitrogen and oxygen atoms in total. The Morgan fingerprint density at radius 2 is 2.21 bits per heavy atom. The van der Waals surface area contributed by atoms with Crippen LogP contribution in [0.2, 0.25) is 0 Å². The molecule has 0 fully saturated rings. The van der Waals surface area contributed by atoms with Crippen LogP contribution in [-0.4, -0.2) is 15.4 Å². The second-order valence-electron chi connectivity index (χ2n) is 4.62. The molecular weight excluding hydrogens is 258 g/mol. The van der Waals surface area contributed by atoms with E-state index in [1.54, 1.807) is 0 Å². The lowest BCUT2D eigenvalue weighted by Crippen LogP contribution is -1.94. The second-order valence-corrected chi connectivity index (χ2v) is 6.04. The maximum Gasteiger partial charge on any atom is 0.257 e. The van der Waals surface area contributed by atoms with Gasteiger partial charge in [0.25, 0.3) is 5.89 Å². The second kappa shape index (κ2) is 6.10. The molecule has 2 N–H and O–H groups in total. The number of nitrogen functional groups attached to an aromatic ring is 1. The molecule has 0 aliphatic heterocycles. The molecular formula is C14H19N3OS. The fourth-order valence-electron chi connectivity index (χ4n) is 1.57. The lowest BCUT2D eigenvalue weighted by Gasteiger charge is -2.04. The Bertz CT molecular complexity index is 553. The maximum atomic E-state index is 5.80. The predicted molar refractivity (Wildman–Crippen MR) is 79.9 cm³/mol. The maximum absolute atomic E-state index is 5.80. The van der Waals surface area contributed by atoms with Crippen molar-refractivity contribution in [3.8, 4) is 11.5 Å². The SMILES string of the molecule is CCC(C)SCc1noc(-c2ccc(N)c(C)c2)n1. The van der Waals surface area contributed by atoms with E-state index in [1.165, 1.54) is 0 Å². The summed E-state index contributed by atoms with van der Waals surface area (Å²) >= 11 is 1.84. The summed E-state index contributed by atoms with van der Waals surface area (Å²) in [6.07, 6.45) is 1.15. The molecule has 0 aliphatic rings.